The number of hydrogen-bond acceptors (Lipinski definition) is 5. The first-order valence-corrected chi connectivity index (χ1v) is 10.9. The van der Waals surface area contributed by atoms with E-state index < -0.39 is 11.8 Å². The lowest BCUT2D eigenvalue weighted by Gasteiger charge is -2.36. The number of benzene rings is 1. The zero-order chi connectivity index (χ0) is 20.4. The third-order valence-electron chi connectivity index (χ3n) is 5.80. The summed E-state index contributed by atoms with van der Waals surface area (Å²) in [6.45, 7) is 4.52. The molecule has 1 aromatic heterocycles. The number of carbonyl (C=O) groups excluding carboxylic acids is 3. The number of piperidine rings is 1. The molecule has 1 saturated heterocycles. The number of nitrogens with one attached hydrogen (secondary N) is 1. The molecule has 2 aliphatic heterocycles. The Hall–Kier alpha value is -2.51. The second-order valence-electron chi connectivity index (χ2n) is 7.80. The Labute approximate surface area is 174 Å². The number of carbonyl (C=O) groups is 3. The van der Waals surface area contributed by atoms with Gasteiger partial charge >= 0.3 is 0 Å². The third-order valence-corrected chi connectivity index (χ3v) is 6.78. The van der Waals surface area contributed by atoms with Gasteiger partial charge in [0.25, 0.3) is 11.8 Å². The zero-order valence-corrected chi connectivity index (χ0v) is 17.3. The fraction of sp³-hybridized carbons (Fsp3) is 0.409. The van der Waals surface area contributed by atoms with Crippen molar-refractivity contribution in [2.24, 2.45) is 5.92 Å². The van der Waals surface area contributed by atoms with Gasteiger partial charge in [0.05, 0.1) is 17.2 Å². The Kier molecular flexibility index (Phi) is 5.78. The van der Waals surface area contributed by atoms with Crippen molar-refractivity contribution in [2.45, 2.75) is 25.8 Å². The molecule has 0 aliphatic carbocycles. The first-order chi connectivity index (χ1) is 14.0. The monoisotopic (exact) mass is 411 g/mol. The van der Waals surface area contributed by atoms with Crippen LogP contribution < -0.4 is 5.32 Å². The zero-order valence-electron chi connectivity index (χ0n) is 16.5. The minimum absolute atomic E-state index is 0.119. The largest absolute Gasteiger partial charge is 0.353 e. The van der Waals surface area contributed by atoms with E-state index in [0.717, 1.165) is 36.7 Å². The summed E-state index contributed by atoms with van der Waals surface area (Å²) in [7, 11) is 0. The van der Waals surface area contributed by atoms with Crippen molar-refractivity contribution < 1.29 is 14.4 Å². The van der Waals surface area contributed by atoms with E-state index in [0.29, 0.717) is 17.7 Å². The van der Waals surface area contributed by atoms with Crippen LogP contribution in [0.15, 0.2) is 41.8 Å². The Morgan fingerprint density at radius 3 is 2.34 bits per heavy atom. The quantitative estimate of drug-likeness (QED) is 0.742. The standard InChI is InChI=1S/C22H25N3O3S/c1-15-8-10-24(11-9-15)18(19-7-4-12-29-19)13-23-20(26)14-25-21(27)16-5-2-3-6-17(16)22(25)28/h2-7,12,15,18H,8-11,13-14H2,1H3,(H,23,26). The van der Waals surface area contributed by atoms with E-state index in [1.165, 1.54) is 4.88 Å². The Bertz CT molecular complexity index is 869. The molecule has 6 nitrogen and oxygen atoms in total. The highest BCUT2D eigenvalue weighted by molar-refractivity contribution is 7.10. The molecular weight excluding hydrogens is 386 g/mol. The Morgan fingerprint density at radius 1 is 1.10 bits per heavy atom. The van der Waals surface area contributed by atoms with Crippen molar-refractivity contribution in [3.8, 4) is 0 Å². The maximum absolute atomic E-state index is 12.6. The minimum Gasteiger partial charge on any atom is -0.353 e. The topological polar surface area (TPSA) is 69.7 Å². The first kappa shape index (κ1) is 19.8. The van der Waals surface area contributed by atoms with Crippen LogP contribution in [0.5, 0.6) is 0 Å². The number of thiophene rings is 1. The molecular formula is C22H25N3O3S. The Balaban J connectivity index is 1.39. The van der Waals surface area contributed by atoms with Gasteiger partial charge in [-0.05, 0) is 55.4 Å². The van der Waals surface area contributed by atoms with Crippen LogP contribution >= 0.6 is 11.3 Å². The first-order valence-electron chi connectivity index (χ1n) is 10.0. The van der Waals surface area contributed by atoms with Crippen LogP contribution in [-0.4, -0.2) is 53.7 Å². The number of fused-ring (bicyclic) bond motifs is 1. The SMILES string of the molecule is CC1CCN(C(CNC(=O)CN2C(=O)c3ccccc3C2=O)c2cccs2)CC1. The lowest BCUT2D eigenvalue weighted by molar-refractivity contribution is -0.121. The minimum atomic E-state index is -0.402. The summed E-state index contributed by atoms with van der Waals surface area (Å²) in [6, 6.07) is 10.9. The molecule has 2 aromatic rings. The van der Waals surface area contributed by atoms with Crippen LogP contribution in [0.25, 0.3) is 0 Å². The average Bonchev–Trinajstić information content (AvgIpc) is 3.34. The van der Waals surface area contributed by atoms with Crippen molar-refractivity contribution in [1.82, 2.24) is 15.1 Å². The number of hydrogen-bond donors (Lipinski definition) is 1. The second kappa shape index (κ2) is 8.47. The van der Waals surface area contributed by atoms with Gasteiger partial charge in [-0.25, -0.2) is 0 Å². The predicted octanol–water partition coefficient (Wildman–Crippen LogP) is 2.93. The molecule has 0 radical (unpaired) electrons. The summed E-state index contributed by atoms with van der Waals surface area (Å²) < 4.78 is 0. The van der Waals surface area contributed by atoms with Crippen molar-refractivity contribution in [3.63, 3.8) is 0 Å². The molecule has 0 saturated carbocycles. The molecule has 1 N–H and O–H groups in total. The van der Waals surface area contributed by atoms with Crippen LogP contribution in [0.1, 0.15) is 51.4 Å². The van der Waals surface area contributed by atoms with Gasteiger partial charge in [-0.15, -0.1) is 11.3 Å². The van der Waals surface area contributed by atoms with Crippen molar-refractivity contribution >= 4 is 29.1 Å². The molecule has 7 heteroatoms. The van der Waals surface area contributed by atoms with Crippen LogP contribution in [0, 0.1) is 5.92 Å². The molecule has 1 atom stereocenters. The van der Waals surface area contributed by atoms with E-state index in [1.807, 2.05) is 6.07 Å². The van der Waals surface area contributed by atoms with Gasteiger partial charge in [-0.2, -0.15) is 0 Å². The van der Waals surface area contributed by atoms with E-state index in [-0.39, 0.29) is 18.5 Å². The van der Waals surface area contributed by atoms with Gasteiger partial charge in [-0.1, -0.05) is 25.1 Å². The molecule has 152 valence electrons. The van der Waals surface area contributed by atoms with E-state index >= 15 is 0 Å². The molecule has 0 bridgehead atoms. The molecule has 1 fully saturated rings. The lowest BCUT2D eigenvalue weighted by Crippen LogP contribution is -2.45. The van der Waals surface area contributed by atoms with E-state index in [4.69, 9.17) is 0 Å². The number of nitrogens with zero attached hydrogens (tertiary/aromatic N) is 2. The predicted molar refractivity (Wildman–Crippen MR) is 112 cm³/mol. The molecule has 1 unspecified atom stereocenters. The van der Waals surface area contributed by atoms with Gasteiger partial charge in [0, 0.05) is 11.4 Å². The van der Waals surface area contributed by atoms with Crippen molar-refractivity contribution in [1.29, 1.82) is 0 Å². The summed E-state index contributed by atoms with van der Waals surface area (Å²) in [4.78, 5) is 42.2. The van der Waals surface area contributed by atoms with E-state index in [9.17, 15) is 14.4 Å². The molecule has 2 aliphatic rings. The van der Waals surface area contributed by atoms with Crippen LogP contribution in [0.2, 0.25) is 0 Å². The summed E-state index contributed by atoms with van der Waals surface area (Å²) >= 11 is 1.69. The van der Waals surface area contributed by atoms with Gasteiger partial charge < -0.3 is 5.32 Å². The summed E-state index contributed by atoms with van der Waals surface area (Å²) in [5.41, 5.74) is 0.730. The fourth-order valence-corrected chi connectivity index (χ4v) is 4.88. The maximum atomic E-state index is 12.6. The normalized spacial score (nSPS) is 18.7. The summed E-state index contributed by atoms with van der Waals surface area (Å²) in [6.07, 6.45) is 2.32. The number of amides is 3. The average molecular weight is 412 g/mol. The second-order valence-corrected chi connectivity index (χ2v) is 8.78. The smallest absolute Gasteiger partial charge is 0.262 e. The van der Waals surface area contributed by atoms with E-state index in [1.54, 1.807) is 35.6 Å². The highest BCUT2D eigenvalue weighted by Crippen LogP contribution is 2.29. The van der Waals surface area contributed by atoms with Crippen LogP contribution in [-0.2, 0) is 4.79 Å². The molecule has 29 heavy (non-hydrogen) atoms. The van der Waals surface area contributed by atoms with Gasteiger partial charge in [-0.3, -0.25) is 24.2 Å². The highest BCUT2D eigenvalue weighted by atomic mass is 32.1. The summed E-state index contributed by atoms with van der Waals surface area (Å²) in [5.74, 6) is -0.383. The lowest BCUT2D eigenvalue weighted by atomic mass is 9.97. The van der Waals surface area contributed by atoms with Crippen LogP contribution in [0.4, 0.5) is 0 Å². The van der Waals surface area contributed by atoms with Crippen molar-refractivity contribution in [3.05, 3.63) is 57.8 Å². The van der Waals surface area contributed by atoms with Crippen molar-refractivity contribution in [2.75, 3.05) is 26.2 Å². The molecule has 1 aromatic carbocycles. The van der Waals surface area contributed by atoms with Gasteiger partial charge in [0.1, 0.15) is 6.54 Å². The molecule has 0 spiro atoms. The molecule has 3 heterocycles. The number of likely N-dealkylation sites (tertiary alicyclic amines) is 1. The highest BCUT2D eigenvalue weighted by Gasteiger charge is 2.36. The molecule has 4 rings (SSSR count). The fourth-order valence-electron chi connectivity index (χ4n) is 4.02. The van der Waals surface area contributed by atoms with Gasteiger partial charge in [0.15, 0.2) is 0 Å². The third kappa shape index (κ3) is 4.11. The van der Waals surface area contributed by atoms with Crippen LogP contribution in [0.3, 0.4) is 0 Å². The maximum Gasteiger partial charge on any atom is 0.262 e. The number of imide groups is 1. The van der Waals surface area contributed by atoms with Gasteiger partial charge in [0.2, 0.25) is 5.91 Å². The number of rotatable bonds is 6. The van der Waals surface area contributed by atoms with E-state index in [2.05, 4.69) is 28.6 Å². The summed E-state index contributed by atoms with van der Waals surface area (Å²) in [5, 5.41) is 5.01. The molecule has 3 amide bonds. The Morgan fingerprint density at radius 2 is 1.76 bits per heavy atom.